The molecule has 2 aromatic rings. The molecule has 0 aliphatic heterocycles. The SMILES string of the molecule is CCOC(Cc1ccc(OCCc2ccc(N(C)C(=O)C(C)C)cc2)cc1)C(=O)O. The highest BCUT2D eigenvalue weighted by atomic mass is 16.5. The van der Waals surface area contributed by atoms with Crippen molar-refractivity contribution in [1.82, 2.24) is 0 Å². The maximum Gasteiger partial charge on any atom is 0.333 e. The van der Waals surface area contributed by atoms with Crippen molar-refractivity contribution in [2.24, 2.45) is 5.92 Å². The minimum Gasteiger partial charge on any atom is -0.493 e. The molecule has 162 valence electrons. The summed E-state index contributed by atoms with van der Waals surface area (Å²) in [5.74, 6) is -0.169. The largest absolute Gasteiger partial charge is 0.493 e. The third-order valence-corrected chi connectivity index (χ3v) is 4.80. The van der Waals surface area contributed by atoms with Crippen LogP contribution in [0.2, 0.25) is 0 Å². The Bertz CT molecular complexity index is 814. The zero-order valence-electron chi connectivity index (χ0n) is 18.1. The number of carbonyl (C=O) groups excluding carboxylic acids is 1. The predicted octanol–water partition coefficient (Wildman–Crippen LogP) is 3.96. The van der Waals surface area contributed by atoms with Crippen LogP contribution < -0.4 is 9.64 Å². The number of ether oxygens (including phenoxy) is 2. The average Bonchev–Trinajstić information content (AvgIpc) is 2.74. The lowest BCUT2D eigenvalue weighted by Gasteiger charge is -2.19. The summed E-state index contributed by atoms with van der Waals surface area (Å²) < 4.78 is 11.0. The average molecular weight is 414 g/mol. The number of benzene rings is 2. The number of anilines is 1. The summed E-state index contributed by atoms with van der Waals surface area (Å²) in [6.07, 6.45) is 0.235. The fourth-order valence-corrected chi connectivity index (χ4v) is 3.04. The molecule has 1 N–H and O–H groups in total. The van der Waals surface area contributed by atoms with Gasteiger partial charge in [-0.1, -0.05) is 38.1 Å². The Hall–Kier alpha value is -2.86. The van der Waals surface area contributed by atoms with Gasteiger partial charge in [0.2, 0.25) is 5.91 Å². The first-order valence-electron chi connectivity index (χ1n) is 10.2. The molecule has 0 fully saturated rings. The fraction of sp³-hybridized carbons (Fsp3) is 0.417. The molecule has 0 saturated heterocycles. The zero-order chi connectivity index (χ0) is 22.1. The smallest absolute Gasteiger partial charge is 0.333 e. The molecule has 0 heterocycles. The highest BCUT2D eigenvalue weighted by Crippen LogP contribution is 2.18. The third-order valence-electron chi connectivity index (χ3n) is 4.80. The summed E-state index contributed by atoms with van der Waals surface area (Å²) in [5, 5.41) is 9.17. The van der Waals surface area contributed by atoms with Crippen molar-refractivity contribution in [3.05, 3.63) is 59.7 Å². The number of carboxylic acid groups (broad SMARTS) is 1. The second kappa shape index (κ2) is 11.4. The van der Waals surface area contributed by atoms with E-state index in [2.05, 4.69) is 0 Å². The Labute approximate surface area is 178 Å². The summed E-state index contributed by atoms with van der Waals surface area (Å²) in [4.78, 5) is 24.9. The molecule has 30 heavy (non-hydrogen) atoms. The third kappa shape index (κ3) is 6.88. The number of rotatable bonds is 11. The van der Waals surface area contributed by atoms with Gasteiger partial charge in [0, 0.05) is 38.1 Å². The Kier molecular flexibility index (Phi) is 8.87. The molecular weight excluding hydrogens is 382 g/mol. The normalized spacial score (nSPS) is 11.9. The van der Waals surface area contributed by atoms with E-state index in [1.165, 1.54) is 0 Å². The first kappa shape index (κ1) is 23.4. The maximum atomic E-state index is 12.1. The van der Waals surface area contributed by atoms with Gasteiger partial charge in [0.15, 0.2) is 6.10 Å². The standard InChI is InChI=1S/C24H31NO5/c1-5-29-22(24(27)28)16-19-8-12-21(13-9-19)30-15-14-18-6-10-20(11-7-18)25(4)23(26)17(2)3/h6-13,17,22H,5,14-16H2,1-4H3,(H,27,28). The second-order valence-electron chi connectivity index (χ2n) is 7.45. The highest BCUT2D eigenvalue weighted by molar-refractivity contribution is 5.94. The Morgan fingerprint density at radius 1 is 1.00 bits per heavy atom. The van der Waals surface area contributed by atoms with Gasteiger partial charge in [-0.25, -0.2) is 4.79 Å². The van der Waals surface area contributed by atoms with Crippen molar-refractivity contribution in [3.8, 4) is 5.75 Å². The summed E-state index contributed by atoms with van der Waals surface area (Å²) in [6, 6.07) is 15.3. The van der Waals surface area contributed by atoms with Crippen LogP contribution >= 0.6 is 0 Å². The number of aliphatic carboxylic acids is 1. The number of carbonyl (C=O) groups is 2. The number of nitrogens with zero attached hydrogens (tertiary/aromatic N) is 1. The van der Waals surface area contributed by atoms with E-state index in [0.29, 0.717) is 19.6 Å². The van der Waals surface area contributed by atoms with Gasteiger partial charge in [0.1, 0.15) is 5.75 Å². The maximum absolute atomic E-state index is 12.1. The summed E-state index contributed by atoms with van der Waals surface area (Å²) in [5.41, 5.74) is 2.89. The van der Waals surface area contributed by atoms with Crippen molar-refractivity contribution in [2.75, 3.05) is 25.2 Å². The van der Waals surface area contributed by atoms with Crippen molar-refractivity contribution in [2.45, 2.75) is 39.7 Å². The van der Waals surface area contributed by atoms with Crippen LogP contribution in [0, 0.1) is 5.92 Å². The molecule has 6 heteroatoms. The Morgan fingerprint density at radius 3 is 2.13 bits per heavy atom. The van der Waals surface area contributed by atoms with E-state index in [1.807, 2.05) is 62.4 Å². The molecule has 2 rings (SSSR count). The van der Waals surface area contributed by atoms with Gasteiger partial charge in [-0.15, -0.1) is 0 Å². The minimum absolute atomic E-state index is 0.0383. The molecule has 0 bridgehead atoms. The minimum atomic E-state index is -0.956. The van der Waals surface area contributed by atoms with Crippen LogP contribution in [0.1, 0.15) is 31.9 Å². The molecule has 1 atom stereocenters. The molecule has 0 saturated carbocycles. The highest BCUT2D eigenvalue weighted by Gasteiger charge is 2.18. The predicted molar refractivity (Wildman–Crippen MR) is 117 cm³/mol. The van der Waals surface area contributed by atoms with Crippen LogP contribution in [0.15, 0.2) is 48.5 Å². The lowest BCUT2D eigenvalue weighted by Crippen LogP contribution is -2.30. The molecule has 0 aromatic heterocycles. The van der Waals surface area contributed by atoms with Crippen molar-refractivity contribution in [1.29, 1.82) is 0 Å². The van der Waals surface area contributed by atoms with Crippen LogP contribution in [0.4, 0.5) is 5.69 Å². The number of hydrogen-bond donors (Lipinski definition) is 1. The number of amides is 1. The molecule has 2 aromatic carbocycles. The molecule has 1 amide bonds. The van der Waals surface area contributed by atoms with Crippen molar-refractivity contribution < 1.29 is 24.2 Å². The lowest BCUT2D eigenvalue weighted by atomic mass is 10.1. The van der Waals surface area contributed by atoms with Gasteiger partial charge in [-0.05, 0) is 42.3 Å². The van der Waals surface area contributed by atoms with Gasteiger partial charge in [-0.2, -0.15) is 0 Å². The van der Waals surface area contributed by atoms with Gasteiger partial charge < -0.3 is 19.5 Å². The van der Waals surface area contributed by atoms with Crippen LogP contribution in [0.25, 0.3) is 0 Å². The summed E-state index contributed by atoms with van der Waals surface area (Å²) >= 11 is 0. The lowest BCUT2D eigenvalue weighted by molar-refractivity contribution is -0.149. The fourth-order valence-electron chi connectivity index (χ4n) is 3.04. The van der Waals surface area contributed by atoms with E-state index in [0.717, 1.165) is 29.0 Å². The first-order chi connectivity index (χ1) is 14.3. The van der Waals surface area contributed by atoms with E-state index in [1.54, 1.807) is 18.9 Å². The van der Waals surface area contributed by atoms with Gasteiger partial charge in [0.25, 0.3) is 0 Å². The van der Waals surface area contributed by atoms with Crippen LogP contribution in [-0.2, 0) is 27.2 Å². The number of carboxylic acids is 1. The van der Waals surface area contributed by atoms with Crippen molar-refractivity contribution >= 4 is 17.6 Å². The molecule has 0 spiro atoms. The van der Waals surface area contributed by atoms with Gasteiger partial charge in [0.05, 0.1) is 6.61 Å². The topological polar surface area (TPSA) is 76.1 Å². The Balaban J connectivity index is 1.84. The van der Waals surface area contributed by atoms with E-state index in [9.17, 15) is 14.7 Å². The van der Waals surface area contributed by atoms with Gasteiger partial charge >= 0.3 is 5.97 Å². The zero-order valence-corrected chi connectivity index (χ0v) is 18.1. The number of hydrogen-bond acceptors (Lipinski definition) is 4. The van der Waals surface area contributed by atoms with E-state index < -0.39 is 12.1 Å². The molecule has 0 radical (unpaired) electrons. The Morgan fingerprint density at radius 2 is 1.60 bits per heavy atom. The molecular formula is C24H31NO5. The van der Waals surface area contributed by atoms with Crippen LogP contribution in [0.5, 0.6) is 5.75 Å². The van der Waals surface area contributed by atoms with Crippen LogP contribution in [0.3, 0.4) is 0 Å². The van der Waals surface area contributed by atoms with E-state index in [-0.39, 0.29) is 11.8 Å². The monoisotopic (exact) mass is 413 g/mol. The second-order valence-corrected chi connectivity index (χ2v) is 7.45. The van der Waals surface area contributed by atoms with E-state index in [4.69, 9.17) is 9.47 Å². The summed E-state index contributed by atoms with van der Waals surface area (Å²) in [6.45, 7) is 6.45. The molecule has 6 nitrogen and oxygen atoms in total. The molecule has 1 unspecified atom stereocenters. The van der Waals surface area contributed by atoms with Gasteiger partial charge in [-0.3, -0.25) is 4.79 Å². The quantitative estimate of drug-likeness (QED) is 0.603. The van der Waals surface area contributed by atoms with Crippen LogP contribution in [-0.4, -0.2) is 43.3 Å². The van der Waals surface area contributed by atoms with Crippen molar-refractivity contribution in [3.63, 3.8) is 0 Å². The van der Waals surface area contributed by atoms with E-state index >= 15 is 0 Å². The molecule has 0 aliphatic carbocycles. The first-order valence-corrected chi connectivity index (χ1v) is 10.2. The summed E-state index contributed by atoms with van der Waals surface area (Å²) in [7, 11) is 1.79. The molecule has 0 aliphatic rings.